The molecule has 0 amide bonds. The Morgan fingerprint density at radius 3 is 2.61 bits per heavy atom. The van der Waals surface area contributed by atoms with E-state index in [9.17, 15) is 18.3 Å². The van der Waals surface area contributed by atoms with Crippen molar-refractivity contribution < 1.29 is 23.1 Å². The van der Waals surface area contributed by atoms with E-state index in [1.807, 2.05) is 0 Å². The second-order valence-corrected chi connectivity index (χ2v) is 8.97. The average molecular weight is 461 g/mol. The largest absolute Gasteiger partial charge is 0.481 e. The van der Waals surface area contributed by atoms with Crippen molar-refractivity contribution in [1.29, 1.82) is 0 Å². The van der Waals surface area contributed by atoms with Gasteiger partial charge in [0.15, 0.2) is 0 Å². The van der Waals surface area contributed by atoms with Gasteiger partial charge in [-0.2, -0.15) is 4.72 Å². The molecule has 3 N–H and O–H groups in total. The molecule has 3 rings (SSSR count). The van der Waals surface area contributed by atoms with Crippen LogP contribution in [0.25, 0.3) is 10.9 Å². The highest BCUT2D eigenvalue weighted by Crippen LogP contribution is 2.27. The van der Waals surface area contributed by atoms with Gasteiger partial charge in [0.05, 0.1) is 4.90 Å². The summed E-state index contributed by atoms with van der Waals surface area (Å²) in [4.78, 5) is 15.0. The number of sulfonamides is 1. The van der Waals surface area contributed by atoms with Gasteiger partial charge >= 0.3 is 5.97 Å². The van der Waals surface area contributed by atoms with Gasteiger partial charge < -0.3 is 14.8 Å². The fraction of sp³-hybridized carbons (Fsp3) is 0.227. The smallest absolute Gasteiger partial charge is 0.322 e. The van der Waals surface area contributed by atoms with Crippen molar-refractivity contribution in [1.82, 2.24) is 9.71 Å². The highest BCUT2D eigenvalue weighted by atomic mass is 35.5. The molecule has 0 saturated carbocycles. The number of hydrogen-bond acceptors (Lipinski definition) is 4. The number of aromatic amines is 1. The minimum atomic E-state index is -4.07. The molecule has 0 radical (unpaired) electrons. The van der Waals surface area contributed by atoms with Gasteiger partial charge in [0, 0.05) is 28.0 Å². The van der Waals surface area contributed by atoms with Gasteiger partial charge in [0.1, 0.15) is 18.4 Å². The van der Waals surface area contributed by atoms with Crippen molar-refractivity contribution in [3.63, 3.8) is 0 Å². The minimum absolute atomic E-state index is 0.0440. The molecule has 1 aromatic heterocycles. The van der Waals surface area contributed by atoms with Crippen LogP contribution in [0.1, 0.15) is 18.2 Å². The quantitative estimate of drug-likeness (QED) is 0.446. The number of H-pyrrole nitrogens is 1. The van der Waals surface area contributed by atoms with Gasteiger partial charge in [-0.05, 0) is 61.9 Å². The van der Waals surface area contributed by atoms with Crippen LogP contribution >= 0.6 is 11.6 Å². The van der Waals surface area contributed by atoms with Gasteiger partial charge in [-0.15, -0.1) is 5.92 Å². The molecule has 0 aliphatic carbocycles. The number of nitrogens with one attached hydrogen (secondary N) is 2. The number of aliphatic carboxylic acids is 1. The van der Waals surface area contributed by atoms with Gasteiger partial charge in [-0.1, -0.05) is 17.5 Å². The first-order valence-electron chi connectivity index (χ1n) is 9.35. The molecule has 2 aromatic carbocycles. The number of aryl methyl sites for hydroxylation is 1. The summed E-state index contributed by atoms with van der Waals surface area (Å²) in [5.41, 5.74) is 2.24. The minimum Gasteiger partial charge on any atom is -0.481 e. The normalized spacial score (nSPS) is 12.2. The van der Waals surface area contributed by atoms with Gasteiger partial charge in [0.2, 0.25) is 10.0 Å². The number of aromatic nitrogens is 1. The molecular weight excluding hydrogens is 440 g/mol. The second kappa shape index (κ2) is 9.43. The first-order chi connectivity index (χ1) is 14.7. The second-order valence-electron chi connectivity index (χ2n) is 6.82. The summed E-state index contributed by atoms with van der Waals surface area (Å²) < 4.78 is 33.2. The number of fused-ring (bicyclic) bond motifs is 1. The molecule has 0 spiro atoms. The number of benzene rings is 2. The van der Waals surface area contributed by atoms with E-state index in [4.69, 9.17) is 16.3 Å². The standard InChI is InChI=1S/C22H21ClN2O5S/c1-3-4-11-30-16-6-8-17(9-7-16)31(28,29)25-21(22(26)27)13-18-14(2)24-20-10-5-15(23)12-19(18)20/h5-10,12,21,24-25H,11,13H2,1-2H3,(H,26,27)/t21-/m0/s1. The molecule has 0 unspecified atom stereocenters. The number of hydrogen-bond donors (Lipinski definition) is 3. The Morgan fingerprint density at radius 2 is 1.97 bits per heavy atom. The lowest BCUT2D eigenvalue weighted by molar-refractivity contribution is -0.138. The van der Waals surface area contributed by atoms with Crippen LogP contribution < -0.4 is 9.46 Å². The van der Waals surface area contributed by atoms with Gasteiger partial charge in [-0.3, -0.25) is 4.79 Å². The first kappa shape index (κ1) is 22.7. The number of carboxylic acid groups (broad SMARTS) is 1. The van der Waals surface area contributed by atoms with Gasteiger partial charge in [0.25, 0.3) is 0 Å². The average Bonchev–Trinajstić information content (AvgIpc) is 3.02. The van der Waals surface area contributed by atoms with Crippen LogP contribution in [0.5, 0.6) is 5.75 Å². The third-order valence-corrected chi connectivity index (χ3v) is 6.43. The van der Waals surface area contributed by atoms with Crippen LogP contribution in [0.3, 0.4) is 0 Å². The van der Waals surface area contributed by atoms with E-state index in [1.165, 1.54) is 24.3 Å². The van der Waals surface area contributed by atoms with E-state index >= 15 is 0 Å². The summed E-state index contributed by atoms with van der Waals surface area (Å²) in [6.07, 6.45) is -0.0440. The van der Waals surface area contributed by atoms with Crippen LogP contribution in [-0.4, -0.2) is 37.1 Å². The van der Waals surface area contributed by atoms with Crippen LogP contribution in [-0.2, 0) is 21.2 Å². The Labute approximate surface area is 185 Å². The number of ether oxygens (including phenoxy) is 1. The van der Waals surface area contributed by atoms with Gasteiger partial charge in [-0.25, -0.2) is 8.42 Å². The zero-order valence-corrected chi connectivity index (χ0v) is 18.5. The zero-order chi connectivity index (χ0) is 22.6. The summed E-state index contributed by atoms with van der Waals surface area (Å²) in [6, 6.07) is 9.58. The molecule has 7 nitrogen and oxygen atoms in total. The lowest BCUT2D eigenvalue weighted by atomic mass is 10.0. The Bertz CT molecular complexity index is 1270. The third kappa shape index (κ3) is 5.39. The number of rotatable bonds is 8. The monoisotopic (exact) mass is 460 g/mol. The maximum atomic E-state index is 12.8. The molecule has 0 bridgehead atoms. The lowest BCUT2D eigenvalue weighted by Gasteiger charge is -2.15. The molecule has 1 heterocycles. The summed E-state index contributed by atoms with van der Waals surface area (Å²) in [5.74, 6) is 4.62. The Kier molecular flexibility index (Phi) is 6.91. The van der Waals surface area contributed by atoms with E-state index in [1.54, 1.807) is 32.0 Å². The first-order valence-corrected chi connectivity index (χ1v) is 11.2. The number of halogens is 1. The molecule has 0 aliphatic heterocycles. The topological polar surface area (TPSA) is 108 Å². The Hall–Kier alpha value is -2.99. The predicted octanol–water partition coefficient (Wildman–Crippen LogP) is 3.51. The molecule has 0 saturated heterocycles. The highest BCUT2D eigenvalue weighted by molar-refractivity contribution is 7.89. The maximum absolute atomic E-state index is 12.8. The summed E-state index contributed by atoms with van der Waals surface area (Å²) >= 11 is 6.08. The molecule has 1 atom stereocenters. The van der Waals surface area contributed by atoms with Crippen LogP contribution in [0.15, 0.2) is 47.4 Å². The fourth-order valence-corrected chi connectivity index (χ4v) is 4.52. The number of carboxylic acids is 1. The van der Waals surface area contributed by atoms with Crippen molar-refractivity contribution in [2.75, 3.05) is 6.61 Å². The molecule has 9 heteroatoms. The van der Waals surface area contributed by atoms with E-state index in [0.717, 1.165) is 16.6 Å². The van der Waals surface area contributed by atoms with E-state index in [-0.39, 0.29) is 17.9 Å². The Morgan fingerprint density at radius 1 is 1.26 bits per heavy atom. The van der Waals surface area contributed by atoms with Crippen LogP contribution in [0, 0.1) is 18.8 Å². The predicted molar refractivity (Wildman–Crippen MR) is 119 cm³/mol. The van der Waals surface area contributed by atoms with E-state index in [0.29, 0.717) is 16.3 Å². The summed E-state index contributed by atoms with van der Waals surface area (Å²) in [7, 11) is -4.07. The molecule has 0 fully saturated rings. The maximum Gasteiger partial charge on any atom is 0.322 e. The third-order valence-electron chi connectivity index (χ3n) is 4.71. The molecule has 3 aromatic rings. The highest BCUT2D eigenvalue weighted by Gasteiger charge is 2.27. The van der Waals surface area contributed by atoms with Crippen LogP contribution in [0.2, 0.25) is 5.02 Å². The van der Waals surface area contributed by atoms with Crippen molar-refractivity contribution in [3.05, 3.63) is 58.7 Å². The van der Waals surface area contributed by atoms with Crippen LogP contribution in [0.4, 0.5) is 0 Å². The van der Waals surface area contributed by atoms with Crippen molar-refractivity contribution >= 4 is 38.5 Å². The Balaban J connectivity index is 1.83. The molecule has 0 aliphatic rings. The summed E-state index contributed by atoms with van der Waals surface area (Å²) in [6.45, 7) is 3.68. The molecule has 162 valence electrons. The van der Waals surface area contributed by atoms with Crippen molar-refractivity contribution in [2.45, 2.75) is 31.2 Å². The zero-order valence-electron chi connectivity index (χ0n) is 16.9. The fourth-order valence-electron chi connectivity index (χ4n) is 3.16. The van der Waals surface area contributed by atoms with Crippen molar-refractivity contribution in [2.24, 2.45) is 0 Å². The van der Waals surface area contributed by atoms with E-state index < -0.39 is 22.0 Å². The lowest BCUT2D eigenvalue weighted by Crippen LogP contribution is -2.42. The molecule has 31 heavy (non-hydrogen) atoms. The SMILES string of the molecule is CC#CCOc1ccc(S(=O)(=O)N[C@@H](Cc2c(C)[nH]c3ccc(Cl)cc23)C(=O)O)cc1. The molecular formula is C22H21ClN2O5S. The van der Waals surface area contributed by atoms with Crippen molar-refractivity contribution in [3.8, 4) is 17.6 Å². The van der Waals surface area contributed by atoms with E-state index in [2.05, 4.69) is 21.5 Å². The summed E-state index contributed by atoms with van der Waals surface area (Å²) in [5, 5.41) is 10.9. The number of carbonyl (C=O) groups is 1.